The zero-order valence-electron chi connectivity index (χ0n) is 16.3. The molecule has 1 heterocycles. The summed E-state index contributed by atoms with van der Waals surface area (Å²) in [5, 5.41) is 5.87. The Hall–Kier alpha value is -2.76. The van der Waals surface area contributed by atoms with E-state index in [9.17, 15) is 9.59 Å². The van der Waals surface area contributed by atoms with Gasteiger partial charge in [-0.1, -0.05) is 59.6 Å². The summed E-state index contributed by atoms with van der Waals surface area (Å²) in [6.45, 7) is 2.09. The molecule has 1 N–H and O–H groups in total. The standard InChI is InChI=1S/C23H21Cl2N3O2/c24-19-10-9-17(15-20(19)25)22(29)27-11-4-12-28(14-13-27)23(30)26-21-8-3-6-16-5-1-2-7-18(16)21/h1-3,5-10,15H,4,11-14H2,(H,26,30). The van der Waals surface area contributed by atoms with Crippen molar-refractivity contribution in [3.8, 4) is 0 Å². The molecule has 0 spiro atoms. The molecule has 0 aliphatic carbocycles. The van der Waals surface area contributed by atoms with Gasteiger partial charge in [0.2, 0.25) is 0 Å². The highest BCUT2D eigenvalue weighted by molar-refractivity contribution is 6.42. The van der Waals surface area contributed by atoms with Crippen molar-refractivity contribution in [2.45, 2.75) is 6.42 Å². The SMILES string of the molecule is O=C(Nc1cccc2ccccc12)N1CCCN(C(=O)c2ccc(Cl)c(Cl)c2)CC1. The Labute approximate surface area is 185 Å². The summed E-state index contributed by atoms with van der Waals surface area (Å²) in [5.74, 6) is -0.107. The number of rotatable bonds is 2. The van der Waals surface area contributed by atoms with Crippen LogP contribution in [-0.2, 0) is 0 Å². The molecular weight excluding hydrogens is 421 g/mol. The average Bonchev–Trinajstić information content (AvgIpc) is 3.02. The van der Waals surface area contributed by atoms with Crippen molar-refractivity contribution in [2.24, 2.45) is 0 Å². The second kappa shape index (κ2) is 8.94. The van der Waals surface area contributed by atoms with Crippen LogP contribution >= 0.6 is 23.2 Å². The number of hydrogen-bond acceptors (Lipinski definition) is 2. The number of hydrogen-bond donors (Lipinski definition) is 1. The maximum absolute atomic E-state index is 12.9. The molecule has 1 saturated heterocycles. The second-order valence-electron chi connectivity index (χ2n) is 7.22. The van der Waals surface area contributed by atoms with E-state index in [1.165, 1.54) is 0 Å². The van der Waals surface area contributed by atoms with Crippen LogP contribution in [0.4, 0.5) is 10.5 Å². The second-order valence-corrected chi connectivity index (χ2v) is 8.03. The van der Waals surface area contributed by atoms with Gasteiger partial charge in [-0.2, -0.15) is 0 Å². The van der Waals surface area contributed by atoms with Crippen LogP contribution in [0.2, 0.25) is 10.0 Å². The van der Waals surface area contributed by atoms with E-state index in [0.717, 1.165) is 16.5 Å². The van der Waals surface area contributed by atoms with Gasteiger partial charge in [0.15, 0.2) is 0 Å². The number of anilines is 1. The maximum atomic E-state index is 12.9. The van der Waals surface area contributed by atoms with Crippen molar-refractivity contribution in [1.82, 2.24) is 9.80 Å². The molecular formula is C23H21Cl2N3O2. The number of nitrogens with one attached hydrogen (secondary N) is 1. The lowest BCUT2D eigenvalue weighted by Gasteiger charge is -2.23. The molecule has 0 atom stereocenters. The summed E-state index contributed by atoms with van der Waals surface area (Å²) >= 11 is 12.0. The third kappa shape index (κ3) is 4.37. The van der Waals surface area contributed by atoms with Crippen molar-refractivity contribution >= 4 is 51.6 Å². The molecule has 30 heavy (non-hydrogen) atoms. The van der Waals surface area contributed by atoms with Gasteiger partial charge >= 0.3 is 6.03 Å². The van der Waals surface area contributed by atoms with E-state index in [1.54, 1.807) is 28.0 Å². The number of urea groups is 1. The lowest BCUT2D eigenvalue weighted by molar-refractivity contribution is 0.0762. The van der Waals surface area contributed by atoms with Crippen LogP contribution in [0.5, 0.6) is 0 Å². The summed E-state index contributed by atoms with van der Waals surface area (Å²) in [7, 11) is 0. The van der Waals surface area contributed by atoms with Gasteiger partial charge in [-0.25, -0.2) is 4.79 Å². The Bertz CT molecular complexity index is 1100. The topological polar surface area (TPSA) is 52.7 Å². The first-order chi connectivity index (χ1) is 14.5. The number of benzene rings is 3. The maximum Gasteiger partial charge on any atom is 0.321 e. The minimum Gasteiger partial charge on any atom is -0.337 e. The highest BCUT2D eigenvalue weighted by atomic mass is 35.5. The minimum atomic E-state index is -0.157. The summed E-state index contributed by atoms with van der Waals surface area (Å²) in [4.78, 5) is 29.2. The largest absolute Gasteiger partial charge is 0.337 e. The quantitative estimate of drug-likeness (QED) is 0.568. The smallest absolute Gasteiger partial charge is 0.321 e. The lowest BCUT2D eigenvalue weighted by Crippen LogP contribution is -2.39. The van der Waals surface area contributed by atoms with E-state index < -0.39 is 0 Å². The van der Waals surface area contributed by atoms with Gasteiger partial charge in [-0.15, -0.1) is 0 Å². The number of amides is 3. The molecule has 1 aliphatic heterocycles. The van der Waals surface area contributed by atoms with Crippen molar-refractivity contribution in [2.75, 3.05) is 31.5 Å². The van der Waals surface area contributed by atoms with Crippen LogP contribution in [0.1, 0.15) is 16.8 Å². The number of fused-ring (bicyclic) bond motifs is 1. The molecule has 0 unspecified atom stereocenters. The zero-order chi connectivity index (χ0) is 21.1. The van der Waals surface area contributed by atoms with E-state index >= 15 is 0 Å². The van der Waals surface area contributed by atoms with Crippen molar-refractivity contribution < 1.29 is 9.59 Å². The van der Waals surface area contributed by atoms with Crippen molar-refractivity contribution in [1.29, 1.82) is 0 Å². The molecule has 0 bridgehead atoms. The van der Waals surface area contributed by atoms with Gasteiger partial charge in [-0.3, -0.25) is 4.79 Å². The van der Waals surface area contributed by atoms with Crippen LogP contribution < -0.4 is 5.32 Å². The lowest BCUT2D eigenvalue weighted by atomic mass is 10.1. The molecule has 3 aromatic carbocycles. The number of carbonyl (C=O) groups excluding carboxylic acids is 2. The molecule has 1 fully saturated rings. The first-order valence-electron chi connectivity index (χ1n) is 9.81. The van der Waals surface area contributed by atoms with Crippen LogP contribution in [-0.4, -0.2) is 47.9 Å². The molecule has 5 nitrogen and oxygen atoms in total. The van der Waals surface area contributed by atoms with E-state index in [2.05, 4.69) is 5.32 Å². The fraction of sp³-hybridized carbons (Fsp3) is 0.217. The van der Waals surface area contributed by atoms with Gasteiger partial charge in [-0.05, 0) is 36.1 Å². The summed E-state index contributed by atoms with van der Waals surface area (Å²) in [6, 6.07) is 18.5. The zero-order valence-corrected chi connectivity index (χ0v) is 17.8. The summed E-state index contributed by atoms with van der Waals surface area (Å²) < 4.78 is 0. The molecule has 154 valence electrons. The molecule has 1 aliphatic rings. The monoisotopic (exact) mass is 441 g/mol. The third-order valence-corrected chi connectivity index (χ3v) is 6.01. The Kier molecular flexibility index (Phi) is 6.11. The van der Waals surface area contributed by atoms with E-state index in [1.807, 2.05) is 42.5 Å². The van der Waals surface area contributed by atoms with E-state index in [0.29, 0.717) is 48.2 Å². The van der Waals surface area contributed by atoms with E-state index in [4.69, 9.17) is 23.2 Å². The predicted molar refractivity (Wildman–Crippen MR) is 122 cm³/mol. The Morgan fingerprint density at radius 3 is 2.37 bits per heavy atom. The molecule has 3 aromatic rings. The van der Waals surface area contributed by atoms with Gasteiger partial charge in [0, 0.05) is 37.1 Å². The average molecular weight is 442 g/mol. The molecule has 4 rings (SSSR count). The van der Waals surface area contributed by atoms with Crippen LogP contribution in [0, 0.1) is 0 Å². The third-order valence-electron chi connectivity index (χ3n) is 5.27. The first-order valence-corrected chi connectivity index (χ1v) is 10.6. The highest BCUT2D eigenvalue weighted by Gasteiger charge is 2.23. The Morgan fingerprint density at radius 1 is 0.800 bits per heavy atom. The van der Waals surface area contributed by atoms with Crippen molar-refractivity contribution in [3.63, 3.8) is 0 Å². The van der Waals surface area contributed by atoms with Gasteiger partial charge in [0.05, 0.1) is 15.7 Å². The normalized spacial score (nSPS) is 14.5. The number of nitrogens with zero attached hydrogens (tertiary/aromatic N) is 2. The van der Waals surface area contributed by atoms with Gasteiger partial charge in [0.25, 0.3) is 5.91 Å². The van der Waals surface area contributed by atoms with Gasteiger partial charge in [0.1, 0.15) is 0 Å². The molecule has 0 saturated carbocycles. The summed E-state index contributed by atoms with van der Waals surface area (Å²) in [5.41, 5.74) is 1.28. The molecule has 0 radical (unpaired) electrons. The molecule has 0 aromatic heterocycles. The van der Waals surface area contributed by atoms with Crippen LogP contribution in [0.25, 0.3) is 10.8 Å². The fourth-order valence-electron chi connectivity index (χ4n) is 3.66. The number of halogens is 2. The Balaban J connectivity index is 1.43. The molecule has 3 amide bonds. The molecule has 7 heteroatoms. The van der Waals surface area contributed by atoms with Crippen molar-refractivity contribution in [3.05, 3.63) is 76.3 Å². The number of carbonyl (C=O) groups is 2. The van der Waals surface area contributed by atoms with Crippen LogP contribution in [0.3, 0.4) is 0 Å². The van der Waals surface area contributed by atoms with Crippen LogP contribution in [0.15, 0.2) is 60.7 Å². The summed E-state index contributed by atoms with van der Waals surface area (Å²) in [6.07, 6.45) is 0.704. The Morgan fingerprint density at radius 2 is 1.53 bits per heavy atom. The fourth-order valence-corrected chi connectivity index (χ4v) is 3.96. The highest BCUT2D eigenvalue weighted by Crippen LogP contribution is 2.25. The first kappa shape index (κ1) is 20.5. The predicted octanol–water partition coefficient (Wildman–Crippen LogP) is 5.53. The van der Waals surface area contributed by atoms with E-state index in [-0.39, 0.29) is 11.9 Å². The minimum absolute atomic E-state index is 0.107. The van der Waals surface area contributed by atoms with Gasteiger partial charge < -0.3 is 15.1 Å².